The first-order chi connectivity index (χ1) is 9.40. The lowest BCUT2D eigenvalue weighted by Crippen LogP contribution is -2.15. The molecule has 0 aliphatic rings. The SMILES string of the molecule is Cc1ncsc1C(=O)Nc1cc(F)c(F)cc1C(=O)O. The minimum Gasteiger partial charge on any atom is -0.478 e. The Kier molecular flexibility index (Phi) is 3.75. The molecule has 0 aliphatic carbocycles. The van der Waals surface area contributed by atoms with Crippen LogP contribution in [-0.4, -0.2) is 22.0 Å². The summed E-state index contributed by atoms with van der Waals surface area (Å²) >= 11 is 1.06. The molecule has 1 amide bonds. The van der Waals surface area contributed by atoms with E-state index in [0.717, 1.165) is 11.3 Å². The molecule has 0 spiro atoms. The van der Waals surface area contributed by atoms with E-state index < -0.39 is 29.1 Å². The van der Waals surface area contributed by atoms with Crippen LogP contribution in [0.5, 0.6) is 0 Å². The first kappa shape index (κ1) is 14.1. The fourth-order valence-corrected chi connectivity index (χ4v) is 2.22. The van der Waals surface area contributed by atoms with Crippen molar-refractivity contribution in [2.75, 3.05) is 5.32 Å². The Hall–Kier alpha value is -2.35. The normalized spacial score (nSPS) is 10.3. The maximum atomic E-state index is 13.2. The molecule has 0 fully saturated rings. The summed E-state index contributed by atoms with van der Waals surface area (Å²) in [6, 6.07) is 1.15. The van der Waals surface area contributed by atoms with Crippen LogP contribution in [-0.2, 0) is 0 Å². The van der Waals surface area contributed by atoms with Crippen molar-refractivity contribution in [1.82, 2.24) is 4.98 Å². The molecule has 20 heavy (non-hydrogen) atoms. The van der Waals surface area contributed by atoms with Gasteiger partial charge in [0, 0.05) is 6.07 Å². The molecule has 0 radical (unpaired) electrons. The van der Waals surface area contributed by atoms with Gasteiger partial charge in [-0.05, 0) is 13.0 Å². The van der Waals surface area contributed by atoms with Crippen molar-refractivity contribution < 1.29 is 23.5 Å². The van der Waals surface area contributed by atoms with Crippen LogP contribution < -0.4 is 5.32 Å². The minimum atomic E-state index is -1.47. The van der Waals surface area contributed by atoms with Crippen LogP contribution in [0.15, 0.2) is 17.6 Å². The predicted molar refractivity (Wildman–Crippen MR) is 68.1 cm³/mol. The van der Waals surface area contributed by atoms with Gasteiger partial charge in [-0.1, -0.05) is 0 Å². The molecule has 0 saturated heterocycles. The van der Waals surface area contributed by atoms with Crippen LogP contribution in [0, 0.1) is 18.6 Å². The second-order valence-electron chi connectivity index (χ2n) is 3.84. The van der Waals surface area contributed by atoms with Crippen molar-refractivity contribution in [3.63, 3.8) is 0 Å². The number of nitrogens with zero attached hydrogens (tertiary/aromatic N) is 1. The van der Waals surface area contributed by atoms with Crippen molar-refractivity contribution in [3.8, 4) is 0 Å². The van der Waals surface area contributed by atoms with Crippen LogP contribution in [0.1, 0.15) is 25.7 Å². The molecule has 1 aromatic carbocycles. The quantitative estimate of drug-likeness (QED) is 0.913. The van der Waals surface area contributed by atoms with E-state index in [1.165, 1.54) is 5.51 Å². The van der Waals surface area contributed by atoms with E-state index in [2.05, 4.69) is 10.3 Å². The predicted octanol–water partition coefficient (Wildman–Crippen LogP) is 2.68. The van der Waals surface area contributed by atoms with E-state index >= 15 is 0 Å². The maximum absolute atomic E-state index is 13.2. The zero-order chi connectivity index (χ0) is 14.9. The topological polar surface area (TPSA) is 79.3 Å². The molecule has 1 heterocycles. The summed E-state index contributed by atoms with van der Waals surface area (Å²) in [5, 5.41) is 11.2. The van der Waals surface area contributed by atoms with Gasteiger partial charge in [0.25, 0.3) is 5.91 Å². The largest absolute Gasteiger partial charge is 0.478 e. The molecule has 0 saturated carbocycles. The van der Waals surface area contributed by atoms with E-state index in [0.29, 0.717) is 17.8 Å². The summed E-state index contributed by atoms with van der Waals surface area (Å²) in [4.78, 5) is 27.0. The Balaban J connectivity index is 2.38. The second kappa shape index (κ2) is 5.33. The smallest absolute Gasteiger partial charge is 0.337 e. The number of hydrogen-bond acceptors (Lipinski definition) is 4. The number of benzene rings is 1. The average Bonchev–Trinajstić information content (AvgIpc) is 2.79. The van der Waals surface area contributed by atoms with Gasteiger partial charge in [0.15, 0.2) is 11.6 Å². The van der Waals surface area contributed by atoms with E-state index in [1.807, 2.05) is 0 Å². The van der Waals surface area contributed by atoms with Gasteiger partial charge in [-0.25, -0.2) is 18.6 Å². The number of carbonyl (C=O) groups is 2. The molecular weight excluding hydrogens is 290 g/mol. The number of carboxylic acids is 1. The molecular formula is C12H8F2N2O3S. The number of aromatic carboxylic acids is 1. The average molecular weight is 298 g/mol. The Morgan fingerprint density at radius 3 is 2.50 bits per heavy atom. The number of anilines is 1. The van der Waals surface area contributed by atoms with Gasteiger partial charge in [0.2, 0.25) is 0 Å². The third-order valence-corrected chi connectivity index (χ3v) is 3.42. The summed E-state index contributed by atoms with van der Waals surface area (Å²) in [6.45, 7) is 1.61. The summed E-state index contributed by atoms with van der Waals surface area (Å²) in [5.41, 5.74) is 1.08. The molecule has 104 valence electrons. The highest BCUT2D eigenvalue weighted by molar-refractivity contribution is 7.12. The molecule has 0 unspecified atom stereocenters. The molecule has 8 heteroatoms. The van der Waals surface area contributed by atoms with Gasteiger partial charge in [-0.3, -0.25) is 4.79 Å². The van der Waals surface area contributed by atoms with Crippen molar-refractivity contribution in [1.29, 1.82) is 0 Å². The van der Waals surface area contributed by atoms with Crippen LogP contribution in [0.3, 0.4) is 0 Å². The summed E-state index contributed by atoms with van der Waals surface area (Å²) in [5.74, 6) is -4.64. The fourth-order valence-electron chi connectivity index (χ4n) is 1.53. The molecule has 2 N–H and O–H groups in total. The molecule has 0 atom stereocenters. The number of aryl methyl sites for hydroxylation is 1. The number of carboxylic acid groups (broad SMARTS) is 1. The standard InChI is InChI=1S/C12H8F2N2O3S/c1-5-10(20-4-15-5)11(17)16-9-3-8(14)7(13)2-6(9)12(18)19/h2-4H,1H3,(H,16,17)(H,18,19). The zero-order valence-electron chi connectivity index (χ0n) is 10.1. The number of halogens is 2. The van der Waals surface area contributed by atoms with Gasteiger partial charge in [-0.15, -0.1) is 11.3 Å². The van der Waals surface area contributed by atoms with E-state index in [9.17, 15) is 18.4 Å². The lowest BCUT2D eigenvalue weighted by Gasteiger charge is -2.08. The van der Waals surface area contributed by atoms with Crippen molar-refractivity contribution in [2.24, 2.45) is 0 Å². The van der Waals surface area contributed by atoms with Gasteiger partial charge in [0.05, 0.1) is 22.5 Å². The number of amides is 1. The molecule has 0 aliphatic heterocycles. The van der Waals surface area contributed by atoms with Gasteiger partial charge in [0.1, 0.15) is 4.88 Å². The van der Waals surface area contributed by atoms with Gasteiger partial charge in [-0.2, -0.15) is 0 Å². The molecule has 2 aromatic rings. The number of hydrogen-bond donors (Lipinski definition) is 2. The lowest BCUT2D eigenvalue weighted by molar-refractivity contribution is 0.0697. The zero-order valence-corrected chi connectivity index (χ0v) is 10.9. The highest BCUT2D eigenvalue weighted by Gasteiger charge is 2.19. The number of rotatable bonds is 3. The summed E-state index contributed by atoms with van der Waals surface area (Å²) < 4.78 is 26.2. The highest BCUT2D eigenvalue weighted by Crippen LogP contribution is 2.22. The number of thiazole rings is 1. The molecule has 5 nitrogen and oxygen atoms in total. The van der Waals surface area contributed by atoms with E-state index in [-0.39, 0.29) is 10.6 Å². The summed E-state index contributed by atoms with van der Waals surface area (Å²) in [6.07, 6.45) is 0. The molecule has 2 rings (SSSR count). The number of aromatic nitrogens is 1. The summed E-state index contributed by atoms with van der Waals surface area (Å²) in [7, 11) is 0. The molecule has 0 bridgehead atoms. The van der Waals surface area contributed by atoms with Crippen LogP contribution >= 0.6 is 11.3 Å². The maximum Gasteiger partial charge on any atom is 0.337 e. The van der Waals surface area contributed by atoms with E-state index in [1.54, 1.807) is 6.92 Å². The Bertz CT molecular complexity index is 700. The van der Waals surface area contributed by atoms with Crippen molar-refractivity contribution >= 4 is 28.9 Å². The van der Waals surface area contributed by atoms with Gasteiger partial charge < -0.3 is 10.4 Å². The van der Waals surface area contributed by atoms with Crippen molar-refractivity contribution in [2.45, 2.75) is 6.92 Å². The number of nitrogens with one attached hydrogen (secondary N) is 1. The lowest BCUT2D eigenvalue weighted by atomic mass is 10.1. The minimum absolute atomic E-state index is 0.270. The fraction of sp³-hybridized carbons (Fsp3) is 0.0833. The Morgan fingerprint density at radius 2 is 1.95 bits per heavy atom. The Labute approximate surface area is 115 Å². The third-order valence-electron chi connectivity index (χ3n) is 2.49. The first-order valence-corrected chi connectivity index (χ1v) is 6.22. The van der Waals surface area contributed by atoms with Crippen LogP contribution in [0.4, 0.5) is 14.5 Å². The highest BCUT2D eigenvalue weighted by atomic mass is 32.1. The third kappa shape index (κ3) is 2.64. The van der Waals surface area contributed by atoms with Gasteiger partial charge >= 0.3 is 5.97 Å². The van der Waals surface area contributed by atoms with Crippen LogP contribution in [0.25, 0.3) is 0 Å². The second-order valence-corrected chi connectivity index (χ2v) is 4.69. The van der Waals surface area contributed by atoms with Crippen molar-refractivity contribution in [3.05, 3.63) is 45.4 Å². The van der Waals surface area contributed by atoms with Crippen LogP contribution in [0.2, 0.25) is 0 Å². The Morgan fingerprint density at radius 1 is 1.30 bits per heavy atom. The first-order valence-electron chi connectivity index (χ1n) is 5.34. The number of carbonyl (C=O) groups excluding carboxylic acids is 1. The van der Waals surface area contributed by atoms with E-state index in [4.69, 9.17) is 5.11 Å². The monoisotopic (exact) mass is 298 g/mol. The molecule has 1 aromatic heterocycles.